The largest absolute Gasteiger partial charge is 0.416 e. The third-order valence-electron chi connectivity index (χ3n) is 3.49. The highest BCUT2D eigenvalue weighted by Gasteiger charge is 2.30. The lowest BCUT2D eigenvalue weighted by molar-refractivity contribution is -0.137. The second kappa shape index (κ2) is 6.56. The number of alkyl halides is 3. The van der Waals surface area contributed by atoms with Crippen molar-refractivity contribution < 1.29 is 17.9 Å². The molecule has 0 spiro atoms. The van der Waals surface area contributed by atoms with Crippen molar-refractivity contribution in [3.8, 4) is 0 Å². The van der Waals surface area contributed by atoms with Crippen molar-refractivity contribution in [1.29, 1.82) is 0 Å². The number of halogens is 3. The zero-order chi connectivity index (χ0) is 14.6. The summed E-state index contributed by atoms with van der Waals surface area (Å²) in [7, 11) is 0. The van der Waals surface area contributed by atoms with Crippen molar-refractivity contribution in [2.75, 3.05) is 19.7 Å². The Labute approximate surface area is 116 Å². The lowest BCUT2D eigenvalue weighted by atomic mass is 10.0. The van der Waals surface area contributed by atoms with Crippen LogP contribution < -0.4 is 11.1 Å². The van der Waals surface area contributed by atoms with E-state index in [0.29, 0.717) is 13.1 Å². The minimum atomic E-state index is -4.30. The summed E-state index contributed by atoms with van der Waals surface area (Å²) in [6.45, 7) is 1.78. The van der Waals surface area contributed by atoms with Crippen LogP contribution in [-0.4, -0.2) is 25.8 Å². The number of benzene rings is 1. The maximum atomic E-state index is 12.5. The Morgan fingerprint density at radius 3 is 2.50 bits per heavy atom. The molecule has 0 radical (unpaired) electrons. The third kappa shape index (κ3) is 3.94. The van der Waals surface area contributed by atoms with Gasteiger partial charge in [0.25, 0.3) is 0 Å². The maximum absolute atomic E-state index is 12.5. The van der Waals surface area contributed by atoms with E-state index in [1.807, 2.05) is 0 Å². The molecule has 0 aromatic heterocycles. The van der Waals surface area contributed by atoms with Crippen molar-refractivity contribution in [1.82, 2.24) is 5.32 Å². The van der Waals surface area contributed by atoms with Crippen molar-refractivity contribution in [3.05, 3.63) is 35.4 Å². The van der Waals surface area contributed by atoms with Gasteiger partial charge in [-0.25, -0.2) is 0 Å². The molecule has 0 saturated carbocycles. The fraction of sp³-hybridized carbons (Fsp3) is 0.571. The zero-order valence-corrected chi connectivity index (χ0v) is 11.1. The van der Waals surface area contributed by atoms with Crippen molar-refractivity contribution >= 4 is 0 Å². The molecule has 3 N–H and O–H groups in total. The summed E-state index contributed by atoms with van der Waals surface area (Å²) < 4.78 is 43.0. The molecule has 1 saturated heterocycles. The van der Waals surface area contributed by atoms with E-state index >= 15 is 0 Å². The van der Waals surface area contributed by atoms with Crippen LogP contribution in [0.15, 0.2) is 24.3 Å². The quantitative estimate of drug-likeness (QED) is 0.875. The fourth-order valence-electron chi connectivity index (χ4n) is 2.32. The summed E-state index contributed by atoms with van der Waals surface area (Å²) in [6.07, 6.45) is -2.06. The van der Waals surface area contributed by atoms with E-state index in [9.17, 15) is 13.2 Å². The van der Waals surface area contributed by atoms with Gasteiger partial charge in [0.2, 0.25) is 0 Å². The molecule has 0 aliphatic carbocycles. The second-order valence-corrected chi connectivity index (χ2v) is 4.95. The third-order valence-corrected chi connectivity index (χ3v) is 3.49. The lowest BCUT2D eigenvalue weighted by Crippen LogP contribution is -2.34. The fourth-order valence-corrected chi connectivity index (χ4v) is 2.32. The Bertz CT molecular complexity index is 413. The molecule has 1 aliphatic heterocycles. The Kier molecular flexibility index (Phi) is 5.01. The van der Waals surface area contributed by atoms with Gasteiger partial charge in [-0.05, 0) is 30.5 Å². The van der Waals surface area contributed by atoms with Crippen LogP contribution >= 0.6 is 0 Å². The monoisotopic (exact) mass is 288 g/mol. The SMILES string of the molecule is NCC(NCC1CCCO1)c1ccc(C(F)(F)F)cc1. The molecular formula is C14H19F3N2O. The van der Waals surface area contributed by atoms with E-state index in [2.05, 4.69) is 5.32 Å². The molecular weight excluding hydrogens is 269 g/mol. The predicted octanol–water partition coefficient (Wildman–Crippen LogP) is 2.47. The van der Waals surface area contributed by atoms with Gasteiger partial charge in [-0.15, -0.1) is 0 Å². The van der Waals surface area contributed by atoms with E-state index in [0.717, 1.165) is 37.1 Å². The minimum Gasteiger partial charge on any atom is -0.377 e. The second-order valence-electron chi connectivity index (χ2n) is 4.95. The maximum Gasteiger partial charge on any atom is 0.416 e. The number of nitrogens with two attached hydrogens (primary N) is 1. The molecule has 1 aromatic carbocycles. The van der Waals surface area contributed by atoms with E-state index in [4.69, 9.17) is 10.5 Å². The smallest absolute Gasteiger partial charge is 0.377 e. The molecule has 2 atom stereocenters. The average Bonchev–Trinajstić information content (AvgIpc) is 2.92. The molecule has 1 aliphatic rings. The molecule has 1 fully saturated rings. The van der Waals surface area contributed by atoms with Gasteiger partial charge < -0.3 is 15.8 Å². The Morgan fingerprint density at radius 1 is 1.30 bits per heavy atom. The molecule has 0 bridgehead atoms. The Balaban J connectivity index is 1.96. The number of nitrogens with one attached hydrogen (secondary N) is 1. The first kappa shape index (κ1) is 15.3. The van der Waals surface area contributed by atoms with Crippen LogP contribution in [0.5, 0.6) is 0 Å². The standard InChI is InChI=1S/C14H19F3N2O/c15-14(16,17)11-5-3-10(4-6-11)13(8-18)19-9-12-2-1-7-20-12/h3-6,12-13,19H,1-2,7-9,18H2. The van der Waals surface area contributed by atoms with Crippen LogP contribution in [0.1, 0.15) is 30.0 Å². The van der Waals surface area contributed by atoms with Crippen LogP contribution in [0.4, 0.5) is 13.2 Å². The number of hydrogen-bond donors (Lipinski definition) is 2. The first-order valence-electron chi connectivity index (χ1n) is 6.73. The van der Waals surface area contributed by atoms with Gasteiger partial charge >= 0.3 is 6.18 Å². The summed E-state index contributed by atoms with van der Waals surface area (Å²) >= 11 is 0. The molecule has 20 heavy (non-hydrogen) atoms. The van der Waals surface area contributed by atoms with Crippen LogP contribution in [-0.2, 0) is 10.9 Å². The molecule has 2 unspecified atom stereocenters. The Morgan fingerprint density at radius 2 is 2.00 bits per heavy atom. The number of rotatable bonds is 5. The highest BCUT2D eigenvalue weighted by molar-refractivity contribution is 5.27. The number of hydrogen-bond acceptors (Lipinski definition) is 3. The molecule has 0 amide bonds. The summed E-state index contributed by atoms with van der Waals surface area (Å²) in [4.78, 5) is 0. The van der Waals surface area contributed by atoms with E-state index in [1.165, 1.54) is 12.1 Å². The summed E-state index contributed by atoms with van der Waals surface area (Å²) in [5, 5.41) is 3.25. The van der Waals surface area contributed by atoms with Crippen molar-refractivity contribution in [2.24, 2.45) is 5.73 Å². The zero-order valence-electron chi connectivity index (χ0n) is 11.1. The average molecular weight is 288 g/mol. The van der Waals surface area contributed by atoms with Gasteiger partial charge in [-0.1, -0.05) is 12.1 Å². The van der Waals surface area contributed by atoms with Gasteiger partial charge in [-0.3, -0.25) is 0 Å². The normalized spacial score (nSPS) is 21.1. The molecule has 112 valence electrons. The minimum absolute atomic E-state index is 0.151. The molecule has 1 aromatic rings. The van der Waals surface area contributed by atoms with Gasteiger partial charge in [0.15, 0.2) is 0 Å². The van der Waals surface area contributed by atoms with E-state index in [1.54, 1.807) is 0 Å². The van der Waals surface area contributed by atoms with Crippen LogP contribution in [0.2, 0.25) is 0 Å². The van der Waals surface area contributed by atoms with Crippen LogP contribution in [0, 0.1) is 0 Å². The van der Waals surface area contributed by atoms with E-state index < -0.39 is 11.7 Å². The molecule has 6 heteroatoms. The van der Waals surface area contributed by atoms with Gasteiger partial charge in [-0.2, -0.15) is 13.2 Å². The van der Waals surface area contributed by atoms with Gasteiger partial charge in [0.05, 0.1) is 11.7 Å². The first-order chi connectivity index (χ1) is 9.50. The van der Waals surface area contributed by atoms with E-state index in [-0.39, 0.29) is 12.1 Å². The molecule has 3 nitrogen and oxygen atoms in total. The summed E-state index contributed by atoms with van der Waals surface area (Å²) in [6, 6.07) is 4.98. The predicted molar refractivity (Wildman–Crippen MR) is 70.2 cm³/mol. The Hall–Kier alpha value is -1.11. The first-order valence-corrected chi connectivity index (χ1v) is 6.73. The summed E-state index contributed by atoms with van der Waals surface area (Å²) in [5.41, 5.74) is 5.81. The van der Waals surface area contributed by atoms with Gasteiger partial charge in [0.1, 0.15) is 0 Å². The van der Waals surface area contributed by atoms with Crippen molar-refractivity contribution in [2.45, 2.75) is 31.2 Å². The molecule has 2 rings (SSSR count). The highest BCUT2D eigenvalue weighted by atomic mass is 19.4. The van der Waals surface area contributed by atoms with Crippen molar-refractivity contribution in [3.63, 3.8) is 0 Å². The highest BCUT2D eigenvalue weighted by Crippen LogP contribution is 2.29. The lowest BCUT2D eigenvalue weighted by Gasteiger charge is -2.20. The topological polar surface area (TPSA) is 47.3 Å². The van der Waals surface area contributed by atoms with Crippen LogP contribution in [0.25, 0.3) is 0 Å². The number of ether oxygens (including phenoxy) is 1. The van der Waals surface area contributed by atoms with Gasteiger partial charge in [0, 0.05) is 25.7 Å². The van der Waals surface area contributed by atoms with Crippen LogP contribution in [0.3, 0.4) is 0 Å². The molecule has 1 heterocycles. The summed E-state index contributed by atoms with van der Waals surface area (Å²) in [5.74, 6) is 0.